The highest BCUT2D eigenvalue weighted by molar-refractivity contribution is 5.26. The fraction of sp³-hybridized carbons (Fsp3) is 0.444. The highest BCUT2D eigenvalue weighted by Crippen LogP contribution is 2.27. The molecule has 1 saturated heterocycles. The summed E-state index contributed by atoms with van der Waals surface area (Å²) in [5.41, 5.74) is 4.49. The molecule has 0 bridgehead atoms. The molecule has 16 heavy (non-hydrogen) atoms. The van der Waals surface area contributed by atoms with Gasteiger partial charge in [-0.25, -0.2) is 9.18 Å². The Labute approximate surface area is 90.5 Å². The molecule has 1 aromatic heterocycles. The van der Waals surface area contributed by atoms with Crippen molar-refractivity contribution in [2.45, 2.75) is 25.2 Å². The molecule has 7 heteroatoms. The maximum atomic E-state index is 13.1. The monoisotopic (exact) mass is 228 g/mol. The second-order valence-corrected chi connectivity index (χ2v) is 3.52. The molecular formula is C9H11FN3O3. The number of ether oxygens (including phenoxy) is 1. The van der Waals surface area contributed by atoms with E-state index in [9.17, 15) is 9.18 Å². The second-order valence-electron chi connectivity index (χ2n) is 3.52. The predicted octanol–water partition coefficient (Wildman–Crippen LogP) is 0.176. The average Bonchev–Trinajstić information content (AvgIpc) is 2.71. The van der Waals surface area contributed by atoms with Crippen molar-refractivity contribution in [2.24, 2.45) is 0 Å². The van der Waals surface area contributed by atoms with Crippen LogP contribution in [0, 0.1) is 12.4 Å². The largest absolute Gasteiger partial charge is 0.388 e. The van der Waals surface area contributed by atoms with Gasteiger partial charge in [-0.3, -0.25) is 4.57 Å². The van der Waals surface area contributed by atoms with Crippen molar-refractivity contribution in [2.75, 3.05) is 5.73 Å². The Kier molecular flexibility index (Phi) is 2.88. The normalized spacial score (nSPS) is 24.9. The Morgan fingerprint density at radius 1 is 1.69 bits per heavy atom. The molecule has 0 aliphatic carbocycles. The van der Waals surface area contributed by atoms with Crippen LogP contribution < -0.4 is 11.4 Å². The van der Waals surface area contributed by atoms with Gasteiger partial charge in [0.05, 0.1) is 12.3 Å². The molecule has 0 spiro atoms. The van der Waals surface area contributed by atoms with Gasteiger partial charge in [0.1, 0.15) is 12.8 Å². The minimum Gasteiger partial charge on any atom is -0.388 e. The van der Waals surface area contributed by atoms with Gasteiger partial charge in [-0.15, -0.1) is 0 Å². The first-order valence-corrected chi connectivity index (χ1v) is 4.79. The summed E-state index contributed by atoms with van der Waals surface area (Å²) in [4.78, 5) is 14.8. The van der Waals surface area contributed by atoms with Crippen molar-refractivity contribution < 1.29 is 14.2 Å². The molecule has 0 aromatic carbocycles. The van der Waals surface area contributed by atoms with Crippen molar-refractivity contribution in [1.82, 2.24) is 9.55 Å². The van der Waals surface area contributed by atoms with Crippen molar-refractivity contribution >= 4 is 5.82 Å². The van der Waals surface area contributed by atoms with Crippen LogP contribution in [0.2, 0.25) is 0 Å². The van der Waals surface area contributed by atoms with Crippen LogP contribution in [0.5, 0.6) is 0 Å². The fourth-order valence-corrected chi connectivity index (χ4v) is 1.62. The number of rotatable bonds is 2. The highest BCUT2D eigenvalue weighted by Gasteiger charge is 2.27. The molecule has 1 fully saturated rings. The Bertz CT molecular complexity index is 448. The van der Waals surface area contributed by atoms with E-state index in [1.807, 2.05) is 0 Å². The van der Waals surface area contributed by atoms with Crippen LogP contribution in [0.25, 0.3) is 0 Å². The van der Waals surface area contributed by atoms with E-state index in [-0.39, 0.29) is 0 Å². The minimum absolute atomic E-state index is 0.426. The number of hydrogen-bond acceptors (Lipinski definition) is 5. The van der Waals surface area contributed by atoms with Gasteiger partial charge >= 0.3 is 5.69 Å². The number of nitrogen functional groups attached to an aromatic ring is 1. The lowest BCUT2D eigenvalue weighted by Gasteiger charge is -2.14. The number of hydrogen-bond donors (Lipinski definition) is 2. The third-order valence-corrected chi connectivity index (χ3v) is 2.44. The van der Waals surface area contributed by atoms with Crippen molar-refractivity contribution in [3.8, 4) is 0 Å². The molecule has 1 aliphatic rings. The molecular weight excluding hydrogens is 217 g/mol. The van der Waals surface area contributed by atoms with E-state index in [1.54, 1.807) is 0 Å². The average molecular weight is 228 g/mol. The summed E-state index contributed by atoms with van der Waals surface area (Å²) in [6, 6.07) is 0. The van der Waals surface area contributed by atoms with Crippen LogP contribution in [0.4, 0.5) is 10.2 Å². The predicted molar refractivity (Wildman–Crippen MR) is 52.2 cm³/mol. The molecule has 2 heterocycles. The quantitative estimate of drug-likeness (QED) is 0.753. The maximum Gasteiger partial charge on any atom is 0.351 e. The summed E-state index contributed by atoms with van der Waals surface area (Å²) >= 11 is 0. The molecule has 0 amide bonds. The fourth-order valence-electron chi connectivity index (χ4n) is 1.62. The van der Waals surface area contributed by atoms with Crippen LogP contribution in [0.3, 0.4) is 0 Å². The Morgan fingerprint density at radius 3 is 3.06 bits per heavy atom. The summed E-state index contributed by atoms with van der Waals surface area (Å²) < 4.78 is 19.5. The number of aliphatic hydroxyl groups is 1. The molecule has 2 atom stereocenters. The summed E-state index contributed by atoms with van der Waals surface area (Å²) in [6.45, 7) is 0.909. The third-order valence-electron chi connectivity index (χ3n) is 2.44. The first-order valence-electron chi connectivity index (χ1n) is 4.79. The minimum atomic E-state index is -0.764. The zero-order valence-electron chi connectivity index (χ0n) is 8.34. The van der Waals surface area contributed by atoms with Gasteiger partial charge in [-0.05, 0) is 12.8 Å². The van der Waals surface area contributed by atoms with E-state index >= 15 is 0 Å². The maximum absolute atomic E-state index is 13.1. The summed E-state index contributed by atoms with van der Waals surface area (Å²) in [5.74, 6) is -1.19. The Balaban J connectivity index is 2.28. The molecule has 1 aromatic rings. The molecule has 2 rings (SSSR count). The van der Waals surface area contributed by atoms with Gasteiger partial charge in [0.25, 0.3) is 0 Å². The van der Waals surface area contributed by atoms with Gasteiger partial charge < -0.3 is 15.6 Å². The first kappa shape index (κ1) is 11.0. The van der Waals surface area contributed by atoms with Gasteiger partial charge in [0.2, 0.25) is 0 Å². The zero-order valence-corrected chi connectivity index (χ0v) is 8.34. The van der Waals surface area contributed by atoms with Gasteiger partial charge in [0, 0.05) is 0 Å². The zero-order chi connectivity index (χ0) is 11.7. The van der Waals surface area contributed by atoms with E-state index < -0.39 is 29.7 Å². The third kappa shape index (κ3) is 1.91. The van der Waals surface area contributed by atoms with Crippen LogP contribution >= 0.6 is 0 Å². The number of aliphatic hydroxyl groups excluding tert-OH is 1. The molecule has 87 valence electrons. The van der Waals surface area contributed by atoms with Crippen LogP contribution in [0.15, 0.2) is 11.0 Å². The first-order chi connectivity index (χ1) is 7.61. The van der Waals surface area contributed by atoms with Gasteiger partial charge in [0.15, 0.2) is 11.6 Å². The number of anilines is 1. The summed E-state index contributed by atoms with van der Waals surface area (Å²) in [5, 5.41) is 8.75. The van der Waals surface area contributed by atoms with Crippen LogP contribution in [-0.2, 0) is 4.74 Å². The van der Waals surface area contributed by atoms with Gasteiger partial charge in [-0.2, -0.15) is 4.98 Å². The van der Waals surface area contributed by atoms with Gasteiger partial charge in [-0.1, -0.05) is 0 Å². The molecule has 1 radical (unpaired) electrons. The van der Waals surface area contributed by atoms with E-state index in [1.165, 1.54) is 0 Å². The molecule has 0 saturated carbocycles. The van der Waals surface area contributed by atoms with E-state index in [4.69, 9.17) is 15.6 Å². The summed E-state index contributed by atoms with van der Waals surface area (Å²) in [7, 11) is 0. The topological polar surface area (TPSA) is 90.4 Å². The standard InChI is InChI=1S/C9H11FN3O3/c10-6-3-13(9(15)12-8(6)11)7-2-1-5(4-14)16-7/h3-5,7,14H,1-2H2,(H2,11,12,15)/t5-,7+/m0/s1. The lowest BCUT2D eigenvalue weighted by atomic mass is 10.2. The molecule has 6 nitrogen and oxygen atoms in total. The Morgan fingerprint density at radius 2 is 2.44 bits per heavy atom. The van der Waals surface area contributed by atoms with Crippen molar-refractivity contribution in [1.29, 1.82) is 0 Å². The molecule has 3 N–H and O–H groups in total. The van der Waals surface area contributed by atoms with Crippen LogP contribution in [0.1, 0.15) is 19.1 Å². The lowest BCUT2D eigenvalue weighted by molar-refractivity contribution is -0.00464. The smallest absolute Gasteiger partial charge is 0.351 e. The number of nitrogens with two attached hydrogens (primary N) is 1. The Hall–Kier alpha value is -1.47. The lowest BCUT2D eigenvalue weighted by Crippen LogP contribution is -2.28. The van der Waals surface area contributed by atoms with E-state index in [2.05, 4.69) is 4.98 Å². The number of halogens is 1. The van der Waals surface area contributed by atoms with Crippen LogP contribution in [-0.4, -0.2) is 20.8 Å². The SMILES string of the molecule is Nc1nc(=O)n([C@H]2CC[C@@H]([CH]O)O2)cc1F. The van der Waals surface area contributed by atoms with E-state index in [0.717, 1.165) is 17.4 Å². The number of nitrogens with zero attached hydrogens (tertiary/aromatic N) is 2. The molecule has 1 aliphatic heterocycles. The van der Waals surface area contributed by atoms with E-state index in [0.29, 0.717) is 12.8 Å². The van der Waals surface area contributed by atoms with Crippen molar-refractivity contribution in [3.63, 3.8) is 0 Å². The van der Waals surface area contributed by atoms with Crippen molar-refractivity contribution in [3.05, 3.63) is 29.1 Å². The number of aromatic nitrogens is 2. The second kappa shape index (κ2) is 4.18. The highest BCUT2D eigenvalue weighted by atomic mass is 19.1. The summed E-state index contributed by atoms with van der Waals surface area (Å²) in [6.07, 6.45) is 1.00. The molecule has 0 unspecified atom stereocenters.